The molecule has 0 saturated heterocycles. The minimum absolute atomic E-state index is 0.155. The molecule has 0 bridgehead atoms. The van der Waals surface area contributed by atoms with Gasteiger partial charge in [-0.1, -0.05) is 60.7 Å². The second-order valence-electron chi connectivity index (χ2n) is 5.62. The Kier molecular flexibility index (Phi) is 5.60. The second-order valence-corrected chi connectivity index (χ2v) is 5.62. The number of esters is 1. The molecule has 0 N–H and O–H groups in total. The van der Waals surface area contributed by atoms with E-state index in [0.29, 0.717) is 11.3 Å². The van der Waals surface area contributed by atoms with Crippen LogP contribution in [0.2, 0.25) is 0 Å². The maximum atomic E-state index is 11.4. The maximum Gasteiger partial charge on any atom is 0.308 e. The molecule has 0 unspecified atom stereocenters. The molecule has 0 radical (unpaired) electrons. The molecule has 0 atom stereocenters. The highest BCUT2D eigenvalue weighted by Crippen LogP contribution is 2.30. The smallest absolute Gasteiger partial charge is 0.308 e. The summed E-state index contributed by atoms with van der Waals surface area (Å²) in [5.41, 5.74) is 1.99. The van der Waals surface area contributed by atoms with Gasteiger partial charge >= 0.3 is 5.97 Å². The van der Waals surface area contributed by atoms with Crippen LogP contribution in [0.5, 0.6) is 0 Å². The molecule has 0 saturated carbocycles. The van der Waals surface area contributed by atoms with Crippen molar-refractivity contribution in [3.63, 3.8) is 0 Å². The molecule has 2 aromatic carbocycles. The first-order chi connectivity index (χ1) is 13.2. The molecule has 5 heteroatoms. The molecular weight excluding hydrogens is 340 g/mol. The number of hydrogen-bond acceptors (Lipinski definition) is 5. The fraction of sp³-hybridized carbons (Fsp3) is 0.0455. The lowest BCUT2D eigenvalue weighted by atomic mass is 10.1. The van der Waals surface area contributed by atoms with Gasteiger partial charge in [-0.05, 0) is 11.6 Å². The monoisotopic (exact) mass is 356 g/mol. The molecule has 1 aromatic heterocycles. The Balaban J connectivity index is 1.92. The number of nitriles is 1. The van der Waals surface area contributed by atoms with Crippen LogP contribution in [0.1, 0.15) is 18.1 Å². The van der Waals surface area contributed by atoms with E-state index in [9.17, 15) is 10.1 Å². The number of nitrogens with zero attached hydrogens (tertiary/aromatic N) is 2. The summed E-state index contributed by atoms with van der Waals surface area (Å²) in [6, 6.07) is 22.5. The number of rotatable bonds is 5. The van der Waals surface area contributed by atoms with E-state index in [1.807, 2.05) is 60.7 Å². The quantitative estimate of drug-likeness (QED) is 0.361. The van der Waals surface area contributed by atoms with Crippen LogP contribution in [-0.2, 0) is 9.53 Å². The van der Waals surface area contributed by atoms with Gasteiger partial charge in [0.05, 0.1) is 6.21 Å². The number of aliphatic imine (C=N–C) groups is 1. The molecule has 0 aliphatic rings. The van der Waals surface area contributed by atoms with Gasteiger partial charge in [0.15, 0.2) is 0 Å². The van der Waals surface area contributed by atoms with Crippen LogP contribution in [0.25, 0.3) is 17.4 Å². The van der Waals surface area contributed by atoms with Gasteiger partial charge in [-0.2, -0.15) is 5.26 Å². The van der Waals surface area contributed by atoms with Crippen molar-refractivity contribution in [3.8, 4) is 17.4 Å². The van der Waals surface area contributed by atoms with Crippen molar-refractivity contribution in [2.45, 2.75) is 6.92 Å². The van der Waals surface area contributed by atoms with Crippen molar-refractivity contribution >= 4 is 24.1 Å². The summed E-state index contributed by atoms with van der Waals surface area (Å²) in [4.78, 5) is 15.6. The zero-order chi connectivity index (χ0) is 19.1. The van der Waals surface area contributed by atoms with Crippen molar-refractivity contribution in [2.24, 2.45) is 4.99 Å². The molecule has 1 heterocycles. The Morgan fingerprint density at radius 1 is 1.11 bits per heavy atom. The number of benzene rings is 2. The Hall–Kier alpha value is -3.91. The van der Waals surface area contributed by atoms with E-state index in [0.717, 1.165) is 11.1 Å². The first-order valence-corrected chi connectivity index (χ1v) is 8.24. The Morgan fingerprint density at radius 2 is 1.78 bits per heavy atom. The predicted molar refractivity (Wildman–Crippen MR) is 103 cm³/mol. The van der Waals surface area contributed by atoms with Crippen LogP contribution >= 0.6 is 0 Å². The Bertz CT molecular complexity index is 1030. The number of ether oxygens (including phenoxy) is 1. The third-order valence-corrected chi connectivity index (χ3v) is 3.57. The molecule has 132 valence electrons. The summed E-state index contributed by atoms with van der Waals surface area (Å²) in [5, 5.41) is 9.34. The zero-order valence-electron chi connectivity index (χ0n) is 14.6. The standard InChI is InChI=1S/C22H16N2O3/c1-16(25)26-20(12-17-8-4-2-5-9-17)15-24-22-19(14-23)13-21(27-22)18-10-6-3-7-11-18/h2-13,15H,1H3/b20-12-,24-15+. The van der Waals surface area contributed by atoms with Crippen molar-refractivity contribution < 1.29 is 13.9 Å². The van der Waals surface area contributed by atoms with Gasteiger partial charge in [0, 0.05) is 18.6 Å². The van der Waals surface area contributed by atoms with Crippen LogP contribution in [0.15, 0.2) is 81.9 Å². The molecule has 27 heavy (non-hydrogen) atoms. The predicted octanol–water partition coefficient (Wildman–Crippen LogP) is 5.12. The van der Waals surface area contributed by atoms with E-state index in [2.05, 4.69) is 11.1 Å². The van der Waals surface area contributed by atoms with Gasteiger partial charge in [0.2, 0.25) is 5.88 Å². The third kappa shape index (κ3) is 4.80. The summed E-state index contributed by atoms with van der Waals surface area (Å²) in [5.74, 6) is 0.478. The van der Waals surface area contributed by atoms with E-state index < -0.39 is 5.97 Å². The lowest BCUT2D eigenvalue weighted by Crippen LogP contribution is -1.99. The molecule has 0 amide bonds. The minimum atomic E-state index is -0.464. The maximum absolute atomic E-state index is 11.4. The molecule has 3 rings (SSSR count). The van der Waals surface area contributed by atoms with Gasteiger partial charge in [-0.15, -0.1) is 0 Å². The van der Waals surface area contributed by atoms with Gasteiger partial charge in [-0.25, -0.2) is 4.99 Å². The number of hydrogen-bond donors (Lipinski definition) is 0. The zero-order valence-corrected chi connectivity index (χ0v) is 14.6. The lowest BCUT2D eigenvalue weighted by Gasteiger charge is -2.01. The Labute approximate surface area is 156 Å². The second kappa shape index (κ2) is 8.45. The SMILES string of the molecule is CC(=O)OC(=C\c1ccccc1)/C=N/c1oc(-c2ccccc2)cc1C#N. The molecule has 3 aromatic rings. The van der Waals surface area contributed by atoms with Gasteiger partial charge in [0.25, 0.3) is 0 Å². The van der Waals surface area contributed by atoms with Crippen LogP contribution in [0.4, 0.5) is 5.88 Å². The third-order valence-electron chi connectivity index (χ3n) is 3.57. The number of furan rings is 1. The molecule has 0 aliphatic carbocycles. The topological polar surface area (TPSA) is 75.6 Å². The first kappa shape index (κ1) is 17.9. The van der Waals surface area contributed by atoms with Gasteiger partial charge in [0.1, 0.15) is 23.2 Å². The molecule has 5 nitrogen and oxygen atoms in total. The largest absolute Gasteiger partial charge is 0.437 e. The summed E-state index contributed by atoms with van der Waals surface area (Å²) in [7, 11) is 0. The van der Waals surface area contributed by atoms with Crippen molar-refractivity contribution in [1.29, 1.82) is 5.26 Å². The summed E-state index contributed by atoms with van der Waals surface area (Å²) >= 11 is 0. The van der Waals surface area contributed by atoms with Crippen LogP contribution < -0.4 is 0 Å². The van der Waals surface area contributed by atoms with E-state index in [4.69, 9.17) is 9.15 Å². The number of carbonyl (C=O) groups is 1. The van der Waals surface area contributed by atoms with Crippen molar-refractivity contribution in [2.75, 3.05) is 0 Å². The van der Waals surface area contributed by atoms with Crippen LogP contribution in [-0.4, -0.2) is 12.2 Å². The van der Waals surface area contributed by atoms with Crippen LogP contribution in [0.3, 0.4) is 0 Å². The van der Waals surface area contributed by atoms with E-state index >= 15 is 0 Å². The molecule has 0 spiro atoms. The van der Waals surface area contributed by atoms with Crippen LogP contribution in [0, 0.1) is 11.3 Å². The highest BCUT2D eigenvalue weighted by atomic mass is 16.5. The molecule has 0 aliphatic heterocycles. The van der Waals surface area contributed by atoms with Crippen molar-refractivity contribution in [3.05, 3.63) is 83.6 Å². The lowest BCUT2D eigenvalue weighted by molar-refractivity contribution is -0.135. The molecule has 0 fully saturated rings. The van der Waals surface area contributed by atoms with Gasteiger partial charge < -0.3 is 9.15 Å². The number of carbonyl (C=O) groups excluding carboxylic acids is 1. The fourth-order valence-electron chi connectivity index (χ4n) is 2.40. The van der Waals surface area contributed by atoms with Gasteiger partial charge in [-0.3, -0.25) is 4.79 Å². The highest BCUT2D eigenvalue weighted by molar-refractivity contribution is 5.88. The summed E-state index contributed by atoms with van der Waals surface area (Å²) in [6.07, 6.45) is 3.04. The van der Waals surface area contributed by atoms with E-state index in [-0.39, 0.29) is 11.6 Å². The summed E-state index contributed by atoms with van der Waals surface area (Å²) < 4.78 is 10.9. The highest BCUT2D eigenvalue weighted by Gasteiger charge is 2.11. The van der Waals surface area contributed by atoms with E-state index in [1.54, 1.807) is 12.1 Å². The van der Waals surface area contributed by atoms with Crippen molar-refractivity contribution in [1.82, 2.24) is 0 Å². The normalized spacial score (nSPS) is 11.3. The number of allylic oxidation sites excluding steroid dienone is 1. The molecular formula is C22H16N2O3. The van der Waals surface area contributed by atoms with E-state index in [1.165, 1.54) is 13.1 Å². The Morgan fingerprint density at radius 3 is 2.41 bits per heavy atom. The summed E-state index contributed by atoms with van der Waals surface area (Å²) in [6.45, 7) is 1.31. The average molecular weight is 356 g/mol. The fourth-order valence-corrected chi connectivity index (χ4v) is 2.40. The average Bonchev–Trinajstić information content (AvgIpc) is 3.10. The minimum Gasteiger partial charge on any atom is -0.437 e. The first-order valence-electron chi connectivity index (χ1n) is 8.24.